The number of phosphoric acid groups is 2. The first-order valence-corrected chi connectivity index (χ1v) is 43.7. The van der Waals surface area contributed by atoms with Gasteiger partial charge in [0.1, 0.15) is 19.3 Å². The van der Waals surface area contributed by atoms with Gasteiger partial charge in [-0.1, -0.05) is 351 Å². The van der Waals surface area contributed by atoms with Crippen molar-refractivity contribution in [1.29, 1.82) is 0 Å². The lowest BCUT2D eigenvalue weighted by molar-refractivity contribution is -0.161. The molecule has 0 spiro atoms. The van der Waals surface area contributed by atoms with E-state index in [1.54, 1.807) is 0 Å². The number of hydrogen-bond donors (Lipinski definition) is 3. The van der Waals surface area contributed by atoms with E-state index in [-0.39, 0.29) is 25.7 Å². The molecule has 0 rings (SSSR count). The van der Waals surface area contributed by atoms with Crippen LogP contribution in [0.25, 0.3) is 0 Å². The van der Waals surface area contributed by atoms with E-state index in [0.717, 1.165) is 114 Å². The molecule has 0 saturated heterocycles. The summed E-state index contributed by atoms with van der Waals surface area (Å²) < 4.78 is 68.6. The third-order valence-corrected chi connectivity index (χ3v) is 20.6. The van der Waals surface area contributed by atoms with Gasteiger partial charge in [-0.15, -0.1) is 0 Å². The van der Waals surface area contributed by atoms with E-state index in [4.69, 9.17) is 37.0 Å². The highest BCUT2D eigenvalue weighted by Crippen LogP contribution is 2.45. The number of aliphatic hydroxyl groups is 1. The van der Waals surface area contributed by atoms with Crippen LogP contribution in [0.2, 0.25) is 0 Å². The Balaban J connectivity index is 5.20. The number of esters is 4. The number of ether oxygens (including phenoxy) is 4. The molecule has 0 amide bonds. The van der Waals surface area contributed by atoms with Crippen molar-refractivity contribution in [3.63, 3.8) is 0 Å². The van der Waals surface area contributed by atoms with Crippen LogP contribution in [0, 0.1) is 23.7 Å². The molecule has 0 aliphatic rings. The number of phosphoric ester groups is 2. The topological polar surface area (TPSA) is 237 Å². The Morgan fingerprint density at radius 3 is 0.724 bits per heavy atom. The highest BCUT2D eigenvalue weighted by atomic mass is 31.2. The molecule has 0 aliphatic carbocycles. The van der Waals surface area contributed by atoms with E-state index < -0.39 is 97.5 Å². The number of carbonyl (C=O) groups excluding carboxylic acids is 4. The Morgan fingerprint density at radius 1 is 0.286 bits per heavy atom. The second kappa shape index (κ2) is 68.2. The summed E-state index contributed by atoms with van der Waals surface area (Å²) in [5.41, 5.74) is 0. The van der Waals surface area contributed by atoms with Crippen molar-refractivity contribution in [1.82, 2.24) is 0 Å². The van der Waals surface area contributed by atoms with Crippen molar-refractivity contribution in [2.45, 2.75) is 420 Å². The third-order valence-electron chi connectivity index (χ3n) is 18.7. The Hall–Kier alpha value is -1.94. The monoisotopic (exact) mass is 1440 g/mol. The smallest absolute Gasteiger partial charge is 0.462 e. The van der Waals surface area contributed by atoms with E-state index >= 15 is 0 Å². The summed E-state index contributed by atoms with van der Waals surface area (Å²) >= 11 is 0. The van der Waals surface area contributed by atoms with Gasteiger partial charge >= 0.3 is 39.5 Å². The maximum absolute atomic E-state index is 13.1. The lowest BCUT2D eigenvalue weighted by atomic mass is 9.99. The molecule has 3 N–H and O–H groups in total. The van der Waals surface area contributed by atoms with Crippen molar-refractivity contribution >= 4 is 39.5 Å². The summed E-state index contributed by atoms with van der Waals surface area (Å²) in [5.74, 6) is 0.948. The summed E-state index contributed by atoms with van der Waals surface area (Å²) in [7, 11) is -9.92. The second-order valence-corrected chi connectivity index (χ2v) is 33.0. The number of unbranched alkanes of at least 4 members (excludes halogenated alkanes) is 41. The molecule has 582 valence electrons. The van der Waals surface area contributed by atoms with E-state index in [2.05, 4.69) is 55.4 Å². The van der Waals surface area contributed by atoms with E-state index in [1.165, 1.54) is 199 Å². The molecule has 3 unspecified atom stereocenters. The highest BCUT2D eigenvalue weighted by Gasteiger charge is 2.30. The van der Waals surface area contributed by atoms with Gasteiger partial charge in [0.25, 0.3) is 0 Å². The first-order chi connectivity index (χ1) is 47.1. The molecule has 0 aromatic rings. The van der Waals surface area contributed by atoms with Crippen molar-refractivity contribution in [2.75, 3.05) is 39.6 Å². The number of carbonyl (C=O) groups is 4. The Kier molecular flexibility index (Phi) is 66.8. The summed E-state index contributed by atoms with van der Waals surface area (Å²) in [5, 5.41) is 10.6. The zero-order valence-corrected chi connectivity index (χ0v) is 66.2. The lowest BCUT2D eigenvalue weighted by Crippen LogP contribution is -2.30. The number of rotatable bonds is 76. The minimum atomic E-state index is -4.96. The molecule has 0 heterocycles. The Bertz CT molecular complexity index is 1920. The molecule has 6 atom stereocenters. The van der Waals surface area contributed by atoms with Crippen molar-refractivity contribution in [3.05, 3.63) is 0 Å². The van der Waals surface area contributed by atoms with E-state index in [0.29, 0.717) is 31.6 Å². The van der Waals surface area contributed by atoms with Gasteiger partial charge in [-0.25, -0.2) is 9.13 Å². The molecule has 0 saturated carbocycles. The van der Waals surface area contributed by atoms with Crippen LogP contribution in [-0.2, 0) is 65.4 Å². The number of aliphatic hydroxyl groups excluding tert-OH is 1. The Labute approximate surface area is 600 Å². The van der Waals surface area contributed by atoms with Crippen molar-refractivity contribution in [3.8, 4) is 0 Å². The summed E-state index contributed by atoms with van der Waals surface area (Å²) in [4.78, 5) is 72.8. The van der Waals surface area contributed by atoms with Gasteiger partial charge in [0, 0.05) is 25.7 Å². The van der Waals surface area contributed by atoms with Crippen molar-refractivity contribution < 1.29 is 80.2 Å². The zero-order valence-electron chi connectivity index (χ0n) is 64.4. The first kappa shape index (κ1) is 96.1. The van der Waals surface area contributed by atoms with Crippen LogP contribution < -0.4 is 0 Å². The molecule has 0 aromatic carbocycles. The molecule has 17 nitrogen and oxygen atoms in total. The molecule has 0 radical (unpaired) electrons. The van der Waals surface area contributed by atoms with Crippen LogP contribution in [0.3, 0.4) is 0 Å². The standard InChI is InChI=1S/C79H154O17P2/c1-9-72(8)58-50-42-33-27-21-16-14-12-10-11-13-15-17-23-29-35-45-53-61-78(83)95-74(65-89-76(81)59-51-43-34-28-22-19-18-20-25-31-39-47-55-69(2)3)67-93-97(85,86)91-63-73(80)64-92-98(87,88)94-68-75(66-90-77(82)60-52-44-38-37-41-49-57-71(6)7)96-79(84)62-54-46-36-30-24-26-32-40-48-56-70(4)5/h69-75,80H,9-68H2,1-8H3,(H,85,86)(H,87,88)/t72?,73-,74-,75-/m1/s1. The minimum absolute atomic E-state index is 0.104. The molecule has 19 heteroatoms. The average Bonchev–Trinajstić information content (AvgIpc) is 0.984. The fourth-order valence-electron chi connectivity index (χ4n) is 12.0. The van der Waals surface area contributed by atoms with E-state index in [1.807, 2.05) is 0 Å². The molecule has 98 heavy (non-hydrogen) atoms. The van der Waals surface area contributed by atoms with E-state index in [9.17, 15) is 43.2 Å². The average molecular weight is 1440 g/mol. The van der Waals surface area contributed by atoms with Gasteiger partial charge in [0.05, 0.1) is 26.4 Å². The van der Waals surface area contributed by atoms with Crippen LogP contribution >= 0.6 is 15.6 Å². The van der Waals surface area contributed by atoms with Crippen LogP contribution in [0.4, 0.5) is 0 Å². The maximum atomic E-state index is 13.1. The fourth-order valence-corrected chi connectivity index (χ4v) is 13.6. The van der Waals surface area contributed by atoms with Crippen molar-refractivity contribution in [2.24, 2.45) is 23.7 Å². The molecule has 0 bridgehead atoms. The molecular weight excluding hydrogens is 1280 g/mol. The van der Waals surface area contributed by atoms with Gasteiger partial charge < -0.3 is 33.8 Å². The van der Waals surface area contributed by atoms with Gasteiger partial charge in [-0.3, -0.25) is 37.3 Å². The van der Waals surface area contributed by atoms with Gasteiger partial charge in [0.2, 0.25) is 0 Å². The predicted octanol–water partition coefficient (Wildman–Crippen LogP) is 23.2. The summed E-state index contributed by atoms with van der Waals surface area (Å²) in [6.45, 7) is 14.2. The quantitative estimate of drug-likeness (QED) is 0.0222. The molecule has 0 aromatic heterocycles. The molecule has 0 aliphatic heterocycles. The second-order valence-electron chi connectivity index (χ2n) is 30.1. The lowest BCUT2D eigenvalue weighted by Gasteiger charge is -2.21. The van der Waals surface area contributed by atoms with Gasteiger partial charge in [-0.2, -0.15) is 0 Å². The van der Waals surface area contributed by atoms with Crippen LogP contribution in [-0.4, -0.2) is 96.7 Å². The Morgan fingerprint density at radius 2 is 0.490 bits per heavy atom. The fraction of sp³-hybridized carbons (Fsp3) is 0.949. The first-order valence-electron chi connectivity index (χ1n) is 40.7. The minimum Gasteiger partial charge on any atom is -0.462 e. The number of hydrogen-bond acceptors (Lipinski definition) is 15. The molecular formula is C79H154O17P2. The predicted molar refractivity (Wildman–Crippen MR) is 400 cm³/mol. The van der Waals surface area contributed by atoms with Crippen LogP contribution in [0.15, 0.2) is 0 Å². The normalized spacial score (nSPS) is 14.3. The maximum Gasteiger partial charge on any atom is 0.472 e. The van der Waals surface area contributed by atoms with Crippen LogP contribution in [0.1, 0.15) is 402 Å². The largest absolute Gasteiger partial charge is 0.472 e. The zero-order chi connectivity index (χ0) is 72.4. The van der Waals surface area contributed by atoms with Crippen LogP contribution in [0.5, 0.6) is 0 Å². The van der Waals surface area contributed by atoms with Gasteiger partial charge in [0.15, 0.2) is 12.2 Å². The highest BCUT2D eigenvalue weighted by molar-refractivity contribution is 7.47. The summed E-state index contributed by atoms with van der Waals surface area (Å²) in [6, 6.07) is 0. The van der Waals surface area contributed by atoms with Gasteiger partial charge in [-0.05, 0) is 49.4 Å². The summed E-state index contributed by atoms with van der Waals surface area (Å²) in [6.07, 6.45) is 54.4. The third kappa shape index (κ3) is 71.1. The SMILES string of the molecule is CCC(C)CCCCCCCCCCCCCCCCCCCCC(=O)O[C@H](COC(=O)CCCCCCCCCCCCCCC(C)C)COP(=O)(O)OC[C@@H](O)COP(=O)(O)OC[C@@H](COC(=O)CCCCCCCCC(C)C)OC(=O)CCCCCCCCCCCC(C)C. The molecule has 0 fully saturated rings.